The van der Waals surface area contributed by atoms with Gasteiger partial charge in [-0.05, 0) is 49.2 Å². The van der Waals surface area contributed by atoms with Gasteiger partial charge in [0, 0.05) is 12.2 Å². The van der Waals surface area contributed by atoms with E-state index in [0.29, 0.717) is 40.6 Å². The van der Waals surface area contributed by atoms with E-state index >= 15 is 0 Å². The Kier molecular flexibility index (Phi) is 8.59. The van der Waals surface area contributed by atoms with Gasteiger partial charge in [0.1, 0.15) is 5.75 Å². The van der Waals surface area contributed by atoms with Gasteiger partial charge in [-0.15, -0.1) is 10.2 Å². The summed E-state index contributed by atoms with van der Waals surface area (Å²) >= 11 is 1.35. The van der Waals surface area contributed by atoms with Crippen molar-refractivity contribution in [2.24, 2.45) is 5.92 Å². The first-order chi connectivity index (χ1) is 15.9. The average Bonchev–Trinajstić information content (AvgIpc) is 3.20. The van der Waals surface area contributed by atoms with Crippen molar-refractivity contribution in [3.05, 3.63) is 54.4 Å². The van der Waals surface area contributed by atoms with Crippen molar-refractivity contribution in [1.82, 2.24) is 14.8 Å². The van der Waals surface area contributed by atoms with Crippen LogP contribution in [0.3, 0.4) is 0 Å². The summed E-state index contributed by atoms with van der Waals surface area (Å²) in [5.41, 5.74) is 0.713. The number of ether oxygens (including phenoxy) is 3. The third-order valence-electron chi connectivity index (χ3n) is 4.74. The number of aromatic nitrogens is 3. The molecule has 33 heavy (non-hydrogen) atoms. The molecule has 0 bridgehead atoms. The van der Waals surface area contributed by atoms with Crippen molar-refractivity contribution in [1.29, 1.82) is 0 Å². The van der Waals surface area contributed by atoms with Gasteiger partial charge in [0.25, 0.3) is 0 Å². The molecule has 1 amide bonds. The van der Waals surface area contributed by atoms with E-state index in [1.54, 1.807) is 38.5 Å². The van der Waals surface area contributed by atoms with Crippen LogP contribution in [0.25, 0.3) is 0 Å². The Bertz CT molecular complexity index is 1050. The van der Waals surface area contributed by atoms with Crippen LogP contribution >= 0.6 is 11.8 Å². The maximum atomic E-state index is 12.5. The minimum atomic E-state index is -0.352. The van der Waals surface area contributed by atoms with Crippen LogP contribution in [0.2, 0.25) is 0 Å². The van der Waals surface area contributed by atoms with Gasteiger partial charge in [-0.1, -0.05) is 37.7 Å². The van der Waals surface area contributed by atoms with Crippen molar-refractivity contribution in [2.45, 2.75) is 38.6 Å². The lowest BCUT2D eigenvalue weighted by Gasteiger charge is -2.19. The lowest BCUT2D eigenvalue weighted by molar-refractivity contribution is -0.113. The molecule has 3 aromatic rings. The van der Waals surface area contributed by atoms with E-state index in [9.17, 15) is 4.79 Å². The second-order valence-corrected chi connectivity index (χ2v) is 8.76. The Hall–Kier alpha value is -3.20. The van der Waals surface area contributed by atoms with Gasteiger partial charge in [0.2, 0.25) is 5.91 Å². The summed E-state index contributed by atoms with van der Waals surface area (Å²) in [5.74, 6) is 3.19. The zero-order valence-electron chi connectivity index (χ0n) is 19.6. The first-order valence-electron chi connectivity index (χ1n) is 10.7. The van der Waals surface area contributed by atoms with Gasteiger partial charge in [0.05, 0.1) is 20.0 Å². The second-order valence-electron chi connectivity index (χ2n) is 7.82. The number of para-hydroxylation sites is 2. The molecule has 1 unspecified atom stereocenters. The molecule has 176 valence electrons. The molecule has 0 aliphatic heterocycles. The number of thioether (sulfide) groups is 1. The molecule has 0 aliphatic rings. The maximum Gasteiger partial charge on any atom is 0.234 e. The molecule has 1 atom stereocenters. The minimum absolute atomic E-state index is 0.121. The Balaban J connectivity index is 1.69. The van der Waals surface area contributed by atoms with E-state index in [-0.39, 0.29) is 17.8 Å². The molecule has 9 heteroatoms. The molecule has 0 radical (unpaired) electrons. The predicted molar refractivity (Wildman–Crippen MR) is 129 cm³/mol. The second kappa shape index (κ2) is 11.6. The quantitative estimate of drug-likeness (QED) is 0.402. The Morgan fingerprint density at radius 3 is 2.33 bits per heavy atom. The van der Waals surface area contributed by atoms with Crippen molar-refractivity contribution < 1.29 is 19.0 Å². The molecular formula is C24H30N4O4S. The van der Waals surface area contributed by atoms with E-state index in [2.05, 4.69) is 29.4 Å². The van der Waals surface area contributed by atoms with Crippen LogP contribution in [0, 0.1) is 5.92 Å². The monoisotopic (exact) mass is 470 g/mol. The zero-order chi connectivity index (χ0) is 23.8. The number of rotatable bonds is 11. The van der Waals surface area contributed by atoms with E-state index in [0.717, 1.165) is 5.75 Å². The summed E-state index contributed by atoms with van der Waals surface area (Å²) in [6.07, 6.45) is -0.352. The standard InChI is InChI=1S/C24H30N4O4S/c1-16(2)14-28-23(17(3)32-21-9-7-6-8-20(21)31-5)26-27-24(28)33-15-22(29)25-18-10-12-19(30-4)13-11-18/h6-13,16-17H,14-15H2,1-5H3,(H,25,29). The predicted octanol–water partition coefficient (Wildman–Crippen LogP) is 4.82. The minimum Gasteiger partial charge on any atom is -0.497 e. The lowest BCUT2D eigenvalue weighted by Crippen LogP contribution is -2.17. The van der Waals surface area contributed by atoms with Crippen LogP contribution in [0.5, 0.6) is 17.2 Å². The number of nitrogens with one attached hydrogen (secondary N) is 1. The van der Waals surface area contributed by atoms with Crippen LogP contribution in [-0.2, 0) is 11.3 Å². The molecule has 1 heterocycles. The topological polar surface area (TPSA) is 87.5 Å². The van der Waals surface area contributed by atoms with Gasteiger partial charge >= 0.3 is 0 Å². The molecule has 1 aromatic heterocycles. The summed E-state index contributed by atoms with van der Waals surface area (Å²) in [4.78, 5) is 12.5. The van der Waals surface area contributed by atoms with E-state index in [1.165, 1.54) is 11.8 Å². The number of nitrogens with zero attached hydrogens (tertiary/aromatic N) is 3. The normalized spacial score (nSPS) is 11.8. The first kappa shape index (κ1) is 24.4. The molecule has 1 N–H and O–H groups in total. The maximum absolute atomic E-state index is 12.5. The van der Waals surface area contributed by atoms with Crippen LogP contribution in [0.4, 0.5) is 5.69 Å². The molecule has 2 aromatic carbocycles. The molecule has 0 aliphatic carbocycles. The van der Waals surface area contributed by atoms with Crippen LogP contribution < -0.4 is 19.5 Å². The average molecular weight is 471 g/mol. The highest BCUT2D eigenvalue weighted by molar-refractivity contribution is 7.99. The fraction of sp³-hybridized carbons (Fsp3) is 0.375. The summed E-state index contributed by atoms with van der Waals surface area (Å²) in [6, 6.07) is 14.7. The van der Waals surface area contributed by atoms with E-state index in [4.69, 9.17) is 14.2 Å². The Morgan fingerprint density at radius 2 is 1.70 bits per heavy atom. The van der Waals surface area contributed by atoms with Gasteiger partial charge in [-0.25, -0.2) is 0 Å². The number of amides is 1. The van der Waals surface area contributed by atoms with Gasteiger partial charge < -0.3 is 24.1 Å². The smallest absolute Gasteiger partial charge is 0.234 e. The number of anilines is 1. The fourth-order valence-corrected chi connectivity index (χ4v) is 3.96. The van der Waals surface area contributed by atoms with Gasteiger partial charge in [-0.3, -0.25) is 4.79 Å². The highest BCUT2D eigenvalue weighted by Gasteiger charge is 2.22. The molecule has 0 saturated carbocycles. The highest BCUT2D eigenvalue weighted by Crippen LogP contribution is 2.31. The first-order valence-corrected chi connectivity index (χ1v) is 11.7. The number of methoxy groups -OCH3 is 2. The summed E-state index contributed by atoms with van der Waals surface area (Å²) < 4.78 is 18.7. The van der Waals surface area contributed by atoms with Crippen LogP contribution in [0.1, 0.15) is 32.7 Å². The SMILES string of the molecule is COc1ccc(NC(=O)CSc2nnc(C(C)Oc3ccccc3OC)n2CC(C)C)cc1. The van der Waals surface area contributed by atoms with Gasteiger partial charge in [0.15, 0.2) is 28.6 Å². The molecule has 0 saturated heterocycles. The highest BCUT2D eigenvalue weighted by atomic mass is 32.2. The van der Waals surface area contributed by atoms with Crippen molar-refractivity contribution in [3.63, 3.8) is 0 Å². The molecule has 0 fully saturated rings. The van der Waals surface area contributed by atoms with Crippen LogP contribution in [0.15, 0.2) is 53.7 Å². The number of hydrogen-bond acceptors (Lipinski definition) is 7. The Labute approximate surface area is 198 Å². The lowest BCUT2D eigenvalue weighted by atomic mass is 10.2. The number of benzene rings is 2. The molecular weight excluding hydrogens is 440 g/mol. The van der Waals surface area contributed by atoms with Crippen molar-refractivity contribution >= 4 is 23.4 Å². The molecule has 3 rings (SSSR count). The fourth-order valence-electron chi connectivity index (χ4n) is 3.21. The van der Waals surface area contributed by atoms with Crippen molar-refractivity contribution in [3.8, 4) is 17.2 Å². The summed E-state index contributed by atoms with van der Waals surface area (Å²) in [7, 11) is 3.22. The number of hydrogen-bond donors (Lipinski definition) is 1. The Morgan fingerprint density at radius 1 is 1.00 bits per heavy atom. The number of carbonyl (C=O) groups is 1. The van der Waals surface area contributed by atoms with Crippen LogP contribution in [-0.4, -0.2) is 40.6 Å². The zero-order valence-corrected chi connectivity index (χ0v) is 20.4. The van der Waals surface area contributed by atoms with Gasteiger partial charge in [-0.2, -0.15) is 0 Å². The molecule has 0 spiro atoms. The third kappa shape index (κ3) is 6.64. The van der Waals surface area contributed by atoms with E-state index in [1.807, 2.05) is 35.8 Å². The summed E-state index contributed by atoms with van der Waals surface area (Å²) in [5, 5.41) is 12.3. The molecule has 8 nitrogen and oxygen atoms in total. The largest absolute Gasteiger partial charge is 0.497 e. The number of carbonyl (C=O) groups excluding carboxylic acids is 1. The third-order valence-corrected chi connectivity index (χ3v) is 5.70. The summed E-state index contributed by atoms with van der Waals surface area (Å²) in [6.45, 7) is 6.89. The van der Waals surface area contributed by atoms with E-state index < -0.39 is 0 Å². The van der Waals surface area contributed by atoms with Crippen molar-refractivity contribution in [2.75, 3.05) is 25.3 Å².